The zero-order valence-electron chi connectivity index (χ0n) is 11.4. The second-order valence-electron chi connectivity index (χ2n) is 5.63. The number of carbonyl (C=O) groups is 1. The first-order valence-corrected chi connectivity index (χ1v) is 7.15. The van der Waals surface area contributed by atoms with Gasteiger partial charge in [0.05, 0.1) is 6.10 Å². The second kappa shape index (κ2) is 6.48. The lowest BCUT2D eigenvalue weighted by Crippen LogP contribution is -2.34. The molecule has 3 atom stereocenters. The Morgan fingerprint density at radius 2 is 2.33 bits per heavy atom. The number of ketones is 1. The average molecular weight is 251 g/mol. The summed E-state index contributed by atoms with van der Waals surface area (Å²) in [5, 5.41) is 0. The maximum Gasteiger partial charge on any atom is 0.136 e. The lowest BCUT2D eigenvalue weighted by Gasteiger charge is -2.28. The van der Waals surface area contributed by atoms with Crippen LogP contribution >= 0.6 is 0 Å². The number of carbonyl (C=O) groups excluding carboxylic acids is 1. The molecule has 1 saturated carbocycles. The van der Waals surface area contributed by atoms with Gasteiger partial charge in [-0.1, -0.05) is 12.5 Å². The van der Waals surface area contributed by atoms with Gasteiger partial charge in [-0.3, -0.25) is 9.69 Å². The van der Waals surface area contributed by atoms with Gasteiger partial charge in [0.15, 0.2) is 0 Å². The van der Waals surface area contributed by atoms with Crippen molar-refractivity contribution in [2.24, 2.45) is 5.92 Å². The highest BCUT2D eigenvalue weighted by Gasteiger charge is 2.34. The van der Waals surface area contributed by atoms with E-state index in [0.29, 0.717) is 23.8 Å². The largest absolute Gasteiger partial charge is 0.380 e. The Morgan fingerprint density at radius 1 is 1.50 bits per heavy atom. The number of nitrogens with zero attached hydrogens (tertiary/aromatic N) is 1. The van der Waals surface area contributed by atoms with E-state index in [0.717, 1.165) is 45.2 Å². The maximum absolute atomic E-state index is 11.9. The molecule has 0 bridgehead atoms. The third kappa shape index (κ3) is 3.21. The van der Waals surface area contributed by atoms with Gasteiger partial charge in [-0.15, -0.1) is 6.58 Å². The number of Topliss-reactive ketones (excluding diaryl/α,β-unsaturated/α-hetero) is 1. The Morgan fingerprint density at radius 3 is 3.00 bits per heavy atom. The molecule has 0 N–H and O–H groups in total. The van der Waals surface area contributed by atoms with E-state index in [9.17, 15) is 4.79 Å². The maximum atomic E-state index is 11.9. The fourth-order valence-electron chi connectivity index (χ4n) is 3.38. The molecule has 3 nitrogen and oxygen atoms in total. The standard InChI is InChI=1S/C15H25NO2/c1-3-8-16-11-14(18-2)10-13(16)9-12-6-4-5-7-15(12)17/h3,12-14H,1,4-11H2,2H3/t12?,13-,14+/m0/s1. The Labute approximate surface area is 110 Å². The van der Waals surface area contributed by atoms with E-state index in [2.05, 4.69) is 11.5 Å². The fraction of sp³-hybridized carbons (Fsp3) is 0.800. The summed E-state index contributed by atoms with van der Waals surface area (Å²) in [4.78, 5) is 14.3. The van der Waals surface area contributed by atoms with E-state index in [1.165, 1.54) is 6.42 Å². The smallest absolute Gasteiger partial charge is 0.136 e. The number of likely N-dealkylation sites (tertiary alicyclic amines) is 1. The van der Waals surface area contributed by atoms with Gasteiger partial charge >= 0.3 is 0 Å². The van der Waals surface area contributed by atoms with Gasteiger partial charge in [-0.05, 0) is 25.7 Å². The fourth-order valence-corrected chi connectivity index (χ4v) is 3.38. The van der Waals surface area contributed by atoms with Crippen molar-refractivity contribution in [2.45, 2.75) is 50.7 Å². The molecular weight excluding hydrogens is 226 g/mol. The average Bonchev–Trinajstić information content (AvgIpc) is 2.75. The number of ether oxygens (including phenoxy) is 1. The van der Waals surface area contributed by atoms with Crippen LogP contribution in [-0.4, -0.2) is 43.0 Å². The Bertz CT molecular complexity index is 303. The molecule has 1 saturated heterocycles. The first-order chi connectivity index (χ1) is 8.74. The van der Waals surface area contributed by atoms with Crippen molar-refractivity contribution in [3.8, 4) is 0 Å². The zero-order chi connectivity index (χ0) is 13.0. The first-order valence-electron chi connectivity index (χ1n) is 7.15. The summed E-state index contributed by atoms with van der Waals surface area (Å²) in [6.45, 7) is 5.71. The van der Waals surface area contributed by atoms with Gasteiger partial charge in [0.25, 0.3) is 0 Å². The molecule has 0 aromatic rings. The molecule has 0 radical (unpaired) electrons. The van der Waals surface area contributed by atoms with E-state index >= 15 is 0 Å². The summed E-state index contributed by atoms with van der Waals surface area (Å²) < 4.78 is 5.47. The van der Waals surface area contributed by atoms with Crippen LogP contribution in [0.2, 0.25) is 0 Å². The molecule has 1 unspecified atom stereocenters. The molecule has 0 amide bonds. The van der Waals surface area contributed by atoms with Gasteiger partial charge in [-0.25, -0.2) is 0 Å². The monoisotopic (exact) mass is 251 g/mol. The van der Waals surface area contributed by atoms with Crippen molar-refractivity contribution < 1.29 is 9.53 Å². The highest BCUT2D eigenvalue weighted by atomic mass is 16.5. The molecule has 2 aliphatic rings. The van der Waals surface area contributed by atoms with Crippen molar-refractivity contribution in [3.63, 3.8) is 0 Å². The van der Waals surface area contributed by atoms with E-state index in [1.807, 2.05) is 6.08 Å². The lowest BCUT2D eigenvalue weighted by molar-refractivity contribution is -0.125. The minimum atomic E-state index is 0.298. The Hall–Kier alpha value is -0.670. The molecule has 1 heterocycles. The molecular formula is C15H25NO2. The molecule has 2 fully saturated rings. The van der Waals surface area contributed by atoms with Gasteiger partial charge < -0.3 is 4.74 Å². The summed E-state index contributed by atoms with van der Waals surface area (Å²) in [6.07, 6.45) is 8.57. The quantitative estimate of drug-likeness (QED) is 0.703. The van der Waals surface area contributed by atoms with E-state index < -0.39 is 0 Å². The van der Waals surface area contributed by atoms with Crippen LogP contribution in [0.15, 0.2) is 12.7 Å². The molecule has 18 heavy (non-hydrogen) atoms. The van der Waals surface area contributed by atoms with Crippen molar-refractivity contribution in [1.29, 1.82) is 0 Å². The van der Waals surface area contributed by atoms with Crippen molar-refractivity contribution in [2.75, 3.05) is 20.2 Å². The Kier molecular flexibility index (Phi) is 4.95. The second-order valence-corrected chi connectivity index (χ2v) is 5.63. The lowest BCUT2D eigenvalue weighted by atomic mass is 9.83. The number of methoxy groups -OCH3 is 1. The minimum absolute atomic E-state index is 0.298. The normalized spacial score (nSPS) is 33.8. The number of hydrogen-bond donors (Lipinski definition) is 0. The molecule has 102 valence electrons. The van der Waals surface area contributed by atoms with Crippen molar-refractivity contribution in [3.05, 3.63) is 12.7 Å². The summed E-state index contributed by atoms with van der Waals surface area (Å²) in [6, 6.07) is 0.500. The molecule has 1 aliphatic heterocycles. The zero-order valence-corrected chi connectivity index (χ0v) is 11.4. The van der Waals surface area contributed by atoms with E-state index in [1.54, 1.807) is 7.11 Å². The van der Waals surface area contributed by atoms with Crippen LogP contribution in [0, 0.1) is 5.92 Å². The van der Waals surface area contributed by atoms with E-state index in [4.69, 9.17) is 4.74 Å². The van der Waals surface area contributed by atoms with Crippen LogP contribution in [0.4, 0.5) is 0 Å². The highest BCUT2D eigenvalue weighted by molar-refractivity contribution is 5.81. The molecule has 1 aliphatic carbocycles. The predicted octanol–water partition coefficient (Wildman–Crippen LogP) is 2.41. The third-order valence-electron chi connectivity index (χ3n) is 4.42. The molecule has 0 aromatic heterocycles. The van der Waals surface area contributed by atoms with Crippen LogP contribution in [0.1, 0.15) is 38.5 Å². The van der Waals surface area contributed by atoms with Gasteiger partial charge in [0.1, 0.15) is 5.78 Å². The molecule has 2 rings (SSSR count). The summed E-state index contributed by atoms with van der Waals surface area (Å²) >= 11 is 0. The van der Waals surface area contributed by atoms with Crippen LogP contribution < -0.4 is 0 Å². The SMILES string of the molecule is C=CCN1C[C@H](OC)C[C@@H]1CC1CCCCC1=O. The van der Waals surface area contributed by atoms with Crippen molar-refractivity contribution >= 4 is 5.78 Å². The van der Waals surface area contributed by atoms with Crippen LogP contribution in [-0.2, 0) is 9.53 Å². The topological polar surface area (TPSA) is 29.5 Å². The summed E-state index contributed by atoms with van der Waals surface area (Å²) in [7, 11) is 1.78. The summed E-state index contributed by atoms with van der Waals surface area (Å²) in [5.41, 5.74) is 0. The minimum Gasteiger partial charge on any atom is -0.380 e. The van der Waals surface area contributed by atoms with Crippen LogP contribution in [0.3, 0.4) is 0 Å². The first kappa shape index (κ1) is 13.8. The van der Waals surface area contributed by atoms with Crippen LogP contribution in [0.25, 0.3) is 0 Å². The van der Waals surface area contributed by atoms with Crippen molar-refractivity contribution in [1.82, 2.24) is 4.90 Å². The molecule has 0 spiro atoms. The number of hydrogen-bond acceptors (Lipinski definition) is 3. The summed E-state index contributed by atoms with van der Waals surface area (Å²) in [5.74, 6) is 0.785. The molecule has 3 heteroatoms. The highest BCUT2D eigenvalue weighted by Crippen LogP contribution is 2.30. The van der Waals surface area contributed by atoms with E-state index in [-0.39, 0.29) is 0 Å². The van der Waals surface area contributed by atoms with Crippen LogP contribution in [0.5, 0.6) is 0 Å². The molecule has 0 aromatic carbocycles. The third-order valence-corrected chi connectivity index (χ3v) is 4.42. The van der Waals surface area contributed by atoms with Gasteiger partial charge in [0.2, 0.25) is 0 Å². The number of rotatable bonds is 5. The van der Waals surface area contributed by atoms with Gasteiger partial charge in [-0.2, -0.15) is 0 Å². The predicted molar refractivity (Wildman–Crippen MR) is 72.6 cm³/mol. The Balaban J connectivity index is 1.93. The van der Waals surface area contributed by atoms with Gasteiger partial charge in [0, 0.05) is 38.6 Å².